The van der Waals surface area contributed by atoms with Crippen molar-refractivity contribution in [2.45, 2.75) is 26.2 Å². The molecule has 0 amide bonds. The van der Waals surface area contributed by atoms with Crippen LogP contribution in [-0.4, -0.2) is 34.5 Å². The summed E-state index contributed by atoms with van der Waals surface area (Å²) in [7, 11) is 0. The van der Waals surface area contributed by atoms with Crippen LogP contribution in [0.4, 0.5) is 0 Å². The molecule has 0 aliphatic heterocycles. The summed E-state index contributed by atoms with van der Waals surface area (Å²) < 4.78 is 0. The number of nitrogens with two attached hydrogens (primary N) is 1. The Hall–Kier alpha value is -1.43. The SMILES string of the molecule is CC(=O)C(=O)O.NCCCCC(=O)O. The second kappa shape index (κ2) is 9.66. The van der Waals surface area contributed by atoms with Crippen LogP contribution < -0.4 is 5.73 Å². The van der Waals surface area contributed by atoms with Gasteiger partial charge in [-0.3, -0.25) is 9.59 Å². The van der Waals surface area contributed by atoms with E-state index in [4.69, 9.17) is 15.9 Å². The van der Waals surface area contributed by atoms with Gasteiger partial charge < -0.3 is 15.9 Å². The van der Waals surface area contributed by atoms with Gasteiger partial charge in [-0.05, 0) is 19.4 Å². The zero-order valence-electron chi connectivity index (χ0n) is 8.02. The van der Waals surface area contributed by atoms with Gasteiger partial charge in [0, 0.05) is 13.3 Å². The van der Waals surface area contributed by atoms with E-state index in [0.29, 0.717) is 13.0 Å². The number of hydrogen-bond acceptors (Lipinski definition) is 4. The quantitative estimate of drug-likeness (QED) is 0.424. The number of hydrogen-bond donors (Lipinski definition) is 3. The molecule has 0 atom stereocenters. The summed E-state index contributed by atoms with van der Waals surface area (Å²) in [5.41, 5.74) is 5.12. The van der Waals surface area contributed by atoms with Gasteiger partial charge in [0.1, 0.15) is 0 Å². The molecule has 0 aromatic rings. The summed E-state index contributed by atoms with van der Waals surface area (Å²) in [4.78, 5) is 28.7. The van der Waals surface area contributed by atoms with Crippen LogP contribution in [0.15, 0.2) is 0 Å². The number of carbonyl (C=O) groups excluding carboxylic acids is 1. The number of unbranched alkanes of at least 4 members (excludes halogenated alkanes) is 1. The van der Waals surface area contributed by atoms with Crippen LogP contribution in [0.1, 0.15) is 26.2 Å². The zero-order chi connectivity index (χ0) is 11.6. The van der Waals surface area contributed by atoms with Crippen LogP contribution in [-0.2, 0) is 14.4 Å². The minimum atomic E-state index is -1.38. The van der Waals surface area contributed by atoms with E-state index in [1.54, 1.807) is 0 Å². The number of carbonyl (C=O) groups is 3. The number of aliphatic carboxylic acids is 2. The summed E-state index contributed by atoms with van der Waals surface area (Å²) in [6, 6.07) is 0. The molecule has 6 heteroatoms. The molecule has 0 radical (unpaired) electrons. The van der Waals surface area contributed by atoms with E-state index in [2.05, 4.69) is 0 Å². The molecule has 0 aromatic carbocycles. The molecule has 0 aliphatic rings. The van der Waals surface area contributed by atoms with Crippen molar-refractivity contribution in [1.29, 1.82) is 0 Å². The van der Waals surface area contributed by atoms with Gasteiger partial charge in [0.2, 0.25) is 5.78 Å². The van der Waals surface area contributed by atoms with Crippen molar-refractivity contribution in [2.75, 3.05) is 6.54 Å². The fourth-order valence-corrected chi connectivity index (χ4v) is 0.421. The smallest absolute Gasteiger partial charge is 0.371 e. The fraction of sp³-hybridized carbons (Fsp3) is 0.625. The standard InChI is InChI=1S/C5H11NO2.C3H4O3/c6-4-2-1-3-5(7)8;1-2(4)3(5)6/h1-4,6H2,(H,7,8);1H3,(H,5,6). The molecule has 0 aliphatic carbocycles. The average molecular weight is 205 g/mol. The molecule has 0 saturated heterocycles. The van der Waals surface area contributed by atoms with E-state index in [1.165, 1.54) is 0 Å². The van der Waals surface area contributed by atoms with E-state index >= 15 is 0 Å². The first-order chi connectivity index (χ1) is 6.41. The van der Waals surface area contributed by atoms with Crippen molar-refractivity contribution >= 4 is 17.7 Å². The van der Waals surface area contributed by atoms with E-state index in [0.717, 1.165) is 13.3 Å². The van der Waals surface area contributed by atoms with Gasteiger partial charge in [-0.1, -0.05) is 0 Å². The molecule has 6 nitrogen and oxygen atoms in total. The normalized spacial score (nSPS) is 8.43. The Morgan fingerprint density at radius 1 is 1.14 bits per heavy atom. The molecule has 0 fully saturated rings. The first-order valence-corrected chi connectivity index (χ1v) is 4.07. The Balaban J connectivity index is 0. The van der Waals surface area contributed by atoms with E-state index in [1.807, 2.05) is 0 Å². The van der Waals surface area contributed by atoms with Crippen molar-refractivity contribution in [1.82, 2.24) is 0 Å². The van der Waals surface area contributed by atoms with Crippen LogP contribution >= 0.6 is 0 Å². The van der Waals surface area contributed by atoms with Gasteiger partial charge in [-0.15, -0.1) is 0 Å². The second-order valence-electron chi connectivity index (χ2n) is 2.50. The third kappa shape index (κ3) is 16.9. The lowest BCUT2D eigenvalue weighted by atomic mass is 10.2. The molecule has 0 bridgehead atoms. The highest BCUT2D eigenvalue weighted by Crippen LogP contribution is 1.91. The van der Waals surface area contributed by atoms with Gasteiger partial charge >= 0.3 is 11.9 Å². The predicted octanol–water partition coefficient (Wildman–Crippen LogP) is -0.140. The maximum Gasteiger partial charge on any atom is 0.371 e. The van der Waals surface area contributed by atoms with Gasteiger partial charge in [-0.2, -0.15) is 0 Å². The van der Waals surface area contributed by atoms with Crippen molar-refractivity contribution in [3.05, 3.63) is 0 Å². The predicted molar refractivity (Wildman–Crippen MR) is 48.9 cm³/mol. The zero-order valence-corrected chi connectivity index (χ0v) is 8.02. The molecule has 14 heavy (non-hydrogen) atoms. The molecule has 0 heterocycles. The Morgan fingerprint density at radius 3 is 1.79 bits per heavy atom. The Morgan fingerprint density at radius 2 is 1.57 bits per heavy atom. The minimum Gasteiger partial charge on any atom is -0.481 e. The van der Waals surface area contributed by atoms with Gasteiger partial charge in [0.25, 0.3) is 0 Å². The van der Waals surface area contributed by atoms with Crippen molar-refractivity contribution < 1.29 is 24.6 Å². The summed E-state index contributed by atoms with van der Waals surface area (Å²) in [6.45, 7) is 1.59. The fourth-order valence-electron chi connectivity index (χ4n) is 0.421. The van der Waals surface area contributed by atoms with Gasteiger partial charge in [-0.25, -0.2) is 4.79 Å². The average Bonchev–Trinajstić information content (AvgIpc) is 2.05. The monoisotopic (exact) mass is 205 g/mol. The first-order valence-electron chi connectivity index (χ1n) is 4.07. The number of Topliss-reactive ketones (excluding diaryl/α,β-unsaturated/α-hetero) is 1. The van der Waals surface area contributed by atoms with Crippen LogP contribution in [0.25, 0.3) is 0 Å². The molecule has 0 aromatic heterocycles. The molecule has 4 N–H and O–H groups in total. The summed E-state index contributed by atoms with van der Waals surface area (Å²) in [6.07, 6.45) is 1.76. The summed E-state index contributed by atoms with van der Waals surface area (Å²) in [5.74, 6) is -2.94. The van der Waals surface area contributed by atoms with E-state index in [9.17, 15) is 14.4 Å². The molecule has 0 spiro atoms. The Bertz CT molecular complexity index is 190. The minimum absolute atomic E-state index is 0.247. The van der Waals surface area contributed by atoms with Gasteiger partial charge in [0.15, 0.2) is 0 Å². The van der Waals surface area contributed by atoms with Crippen LogP contribution in [0.3, 0.4) is 0 Å². The Kier molecular flexibility index (Phi) is 10.4. The number of carboxylic acid groups (broad SMARTS) is 2. The summed E-state index contributed by atoms with van der Waals surface area (Å²) >= 11 is 0. The maximum absolute atomic E-state index is 9.83. The lowest BCUT2D eigenvalue weighted by molar-refractivity contribution is -0.148. The van der Waals surface area contributed by atoms with Crippen molar-refractivity contribution in [2.24, 2.45) is 5.73 Å². The highest BCUT2D eigenvalue weighted by molar-refractivity contribution is 6.31. The van der Waals surface area contributed by atoms with Crippen LogP contribution in [0.5, 0.6) is 0 Å². The largest absolute Gasteiger partial charge is 0.481 e. The van der Waals surface area contributed by atoms with Crippen LogP contribution in [0.2, 0.25) is 0 Å². The van der Waals surface area contributed by atoms with Crippen LogP contribution in [0, 0.1) is 0 Å². The van der Waals surface area contributed by atoms with E-state index < -0.39 is 17.7 Å². The molecule has 0 rings (SSSR count). The highest BCUT2D eigenvalue weighted by Gasteiger charge is 1.99. The number of ketones is 1. The topological polar surface area (TPSA) is 118 Å². The highest BCUT2D eigenvalue weighted by atomic mass is 16.4. The lowest BCUT2D eigenvalue weighted by Crippen LogP contribution is -2.05. The number of rotatable bonds is 5. The first kappa shape index (κ1) is 15.1. The molecule has 0 unspecified atom stereocenters. The molecular weight excluding hydrogens is 190 g/mol. The molecule has 0 saturated carbocycles. The van der Waals surface area contributed by atoms with Crippen molar-refractivity contribution in [3.63, 3.8) is 0 Å². The second-order valence-corrected chi connectivity index (χ2v) is 2.50. The number of carboxylic acids is 2. The summed E-state index contributed by atoms with van der Waals surface area (Å²) in [5, 5.41) is 15.7. The molecule has 82 valence electrons. The third-order valence-electron chi connectivity index (χ3n) is 1.15. The maximum atomic E-state index is 9.83. The van der Waals surface area contributed by atoms with Crippen molar-refractivity contribution in [3.8, 4) is 0 Å². The molecular formula is C8H15NO5. The van der Waals surface area contributed by atoms with E-state index in [-0.39, 0.29) is 6.42 Å². The third-order valence-corrected chi connectivity index (χ3v) is 1.15. The van der Waals surface area contributed by atoms with Gasteiger partial charge in [0.05, 0.1) is 0 Å². The Labute approximate surface area is 81.7 Å². The lowest BCUT2D eigenvalue weighted by Gasteiger charge is -1.90.